The summed E-state index contributed by atoms with van der Waals surface area (Å²) in [5, 5.41) is 0. The molecule has 0 radical (unpaired) electrons. The van der Waals surface area contributed by atoms with Gasteiger partial charge in [0.25, 0.3) is 0 Å². The fourth-order valence-electron chi connectivity index (χ4n) is 2.24. The molecule has 0 amide bonds. The third-order valence-corrected chi connectivity index (χ3v) is 3.21. The van der Waals surface area contributed by atoms with Crippen LogP contribution in [0.4, 0.5) is 0 Å². The normalized spacial score (nSPS) is 22.6. The van der Waals surface area contributed by atoms with Crippen LogP contribution in [0.15, 0.2) is 78.3 Å². The molecule has 1 heterocycles. The lowest BCUT2D eigenvalue weighted by molar-refractivity contribution is 0.104. The first-order valence-electron chi connectivity index (χ1n) is 6.36. The summed E-state index contributed by atoms with van der Waals surface area (Å²) in [6.45, 7) is 0. The molecule has 1 aromatic rings. The van der Waals surface area contributed by atoms with Gasteiger partial charge in [0.15, 0.2) is 5.78 Å². The lowest BCUT2D eigenvalue weighted by Gasteiger charge is -2.00. The highest BCUT2D eigenvalue weighted by molar-refractivity contribution is 6.04. The number of ketones is 1. The second kappa shape index (κ2) is 5.11. The standard InChI is InChI=1S/C17H14O2/c18-16(13-7-3-1-4-8-13)12-15-11-14-9-5-2-6-10-17(14)19-15/h1-10,12,14H,11H2/b15-12-. The number of rotatable bonds is 2. The smallest absolute Gasteiger partial charge is 0.189 e. The minimum absolute atomic E-state index is 0.00724. The third kappa shape index (κ3) is 2.58. The highest BCUT2D eigenvalue weighted by Gasteiger charge is 2.25. The summed E-state index contributed by atoms with van der Waals surface area (Å²) in [6.07, 6.45) is 12.4. The van der Waals surface area contributed by atoms with Gasteiger partial charge in [-0.2, -0.15) is 0 Å². The van der Waals surface area contributed by atoms with Gasteiger partial charge in [-0.05, 0) is 6.08 Å². The Morgan fingerprint density at radius 3 is 2.84 bits per heavy atom. The fourth-order valence-corrected chi connectivity index (χ4v) is 2.24. The largest absolute Gasteiger partial charge is 0.465 e. The highest BCUT2D eigenvalue weighted by atomic mass is 16.5. The zero-order valence-electron chi connectivity index (χ0n) is 10.5. The second-order valence-corrected chi connectivity index (χ2v) is 4.59. The average molecular weight is 250 g/mol. The van der Waals surface area contributed by atoms with E-state index in [4.69, 9.17) is 4.74 Å². The Morgan fingerprint density at radius 2 is 2.00 bits per heavy atom. The molecule has 1 aliphatic carbocycles. The summed E-state index contributed by atoms with van der Waals surface area (Å²) < 4.78 is 5.74. The number of hydrogen-bond acceptors (Lipinski definition) is 2. The van der Waals surface area contributed by atoms with Gasteiger partial charge in [0.2, 0.25) is 0 Å². The van der Waals surface area contributed by atoms with E-state index in [1.165, 1.54) is 0 Å². The molecule has 1 saturated heterocycles. The summed E-state index contributed by atoms with van der Waals surface area (Å²) in [7, 11) is 0. The monoisotopic (exact) mass is 250 g/mol. The number of carbonyl (C=O) groups excluding carboxylic acids is 1. The van der Waals surface area contributed by atoms with Crippen molar-refractivity contribution < 1.29 is 9.53 Å². The Morgan fingerprint density at radius 1 is 1.16 bits per heavy atom. The Bertz CT molecular complexity index is 603. The van der Waals surface area contributed by atoms with Crippen molar-refractivity contribution in [2.45, 2.75) is 6.42 Å². The predicted octanol–water partition coefficient (Wildman–Crippen LogP) is 3.80. The number of allylic oxidation sites excluding steroid dienone is 7. The van der Waals surface area contributed by atoms with Gasteiger partial charge in [0, 0.05) is 24.0 Å². The summed E-state index contributed by atoms with van der Waals surface area (Å²) in [4.78, 5) is 12.1. The van der Waals surface area contributed by atoms with Crippen molar-refractivity contribution in [2.24, 2.45) is 5.92 Å². The molecule has 0 bridgehead atoms. The van der Waals surface area contributed by atoms with Gasteiger partial charge in [-0.25, -0.2) is 0 Å². The van der Waals surface area contributed by atoms with Gasteiger partial charge >= 0.3 is 0 Å². The maximum atomic E-state index is 12.1. The second-order valence-electron chi connectivity index (χ2n) is 4.59. The van der Waals surface area contributed by atoms with Crippen LogP contribution in [0, 0.1) is 5.92 Å². The zero-order chi connectivity index (χ0) is 13.1. The predicted molar refractivity (Wildman–Crippen MR) is 74.4 cm³/mol. The lowest BCUT2D eigenvalue weighted by Crippen LogP contribution is -1.95. The highest BCUT2D eigenvalue weighted by Crippen LogP contribution is 2.34. The van der Waals surface area contributed by atoms with Crippen molar-refractivity contribution in [3.05, 3.63) is 83.9 Å². The van der Waals surface area contributed by atoms with Crippen LogP contribution >= 0.6 is 0 Å². The van der Waals surface area contributed by atoms with Crippen LogP contribution in [0.2, 0.25) is 0 Å². The molecule has 3 rings (SSSR count). The number of carbonyl (C=O) groups is 1. The molecule has 1 aromatic carbocycles. The van der Waals surface area contributed by atoms with Crippen molar-refractivity contribution in [1.82, 2.24) is 0 Å². The van der Waals surface area contributed by atoms with E-state index in [-0.39, 0.29) is 11.7 Å². The topological polar surface area (TPSA) is 26.3 Å². The molecule has 1 aliphatic heterocycles. The van der Waals surface area contributed by atoms with Crippen molar-refractivity contribution in [2.75, 3.05) is 0 Å². The minimum Gasteiger partial charge on any atom is -0.465 e. The van der Waals surface area contributed by atoms with E-state index in [0.29, 0.717) is 5.56 Å². The summed E-state index contributed by atoms with van der Waals surface area (Å²) in [5.74, 6) is 1.90. The molecule has 0 aromatic heterocycles. The van der Waals surface area contributed by atoms with E-state index in [2.05, 4.69) is 6.08 Å². The molecule has 2 nitrogen and oxygen atoms in total. The van der Waals surface area contributed by atoms with E-state index >= 15 is 0 Å². The molecule has 94 valence electrons. The first kappa shape index (κ1) is 11.7. The number of fused-ring (bicyclic) bond motifs is 1. The van der Waals surface area contributed by atoms with E-state index in [1.807, 2.05) is 54.6 Å². The Balaban J connectivity index is 1.80. The molecule has 0 N–H and O–H groups in total. The van der Waals surface area contributed by atoms with Gasteiger partial charge in [-0.15, -0.1) is 0 Å². The number of benzene rings is 1. The lowest BCUT2D eigenvalue weighted by atomic mass is 10.0. The van der Waals surface area contributed by atoms with Crippen LogP contribution in [0.25, 0.3) is 0 Å². The molecule has 0 saturated carbocycles. The first-order chi connectivity index (χ1) is 9.33. The van der Waals surface area contributed by atoms with Crippen molar-refractivity contribution in [3.8, 4) is 0 Å². The minimum atomic E-state index is -0.00724. The van der Waals surface area contributed by atoms with Gasteiger partial charge in [-0.1, -0.05) is 54.6 Å². The van der Waals surface area contributed by atoms with Crippen molar-refractivity contribution in [3.63, 3.8) is 0 Å². The molecule has 0 spiro atoms. The van der Waals surface area contributed by atoms with Crippen LogP contribution in [-0.2, 0) is 4.74 Å². The first-order valence-corrected chi connectivity index (χ1v) is 6.36. The third-order valence-electron chi connectivity index (χ3n) is 3.21. The molecular formula is C17H14O2. The Labute approximate surface area is 112 Å². The fraction of sp³-hybridized carbons (Fsp3) is 0.118. The van der Waals surface area contributed by atoms with Crippen LogP contribution < -0.4 is 0 Å². The van der Waals surface area contributed by atoms with Gasteiger partial charge in [0.1, 0.15) is 11.5 Å². The van der Waals surface area contributed by atoms with Gasteiger partial charge in [-0.3, -0.25) is 4.79 Å². The summed E-state index contributed by atoms with van der Waals surface area (Å²) in [5.41, 5.74) is 0.690. The molecular weight excluding hydrogens is 236 g/mol. The van der Waals surface area contributed by atoms with E-state index in [0.717, 1.165) is 17.9 Å². The van der Waals surface area contributed by atoms with E-state index in [1.54, 1.807) is 6.08 Å². The molecule has 2 aliphatic rings. The van der Waals surface area contributed by atoms with Gasteiger partial charge < -0.3 is 4.74 Å². The zero-order valence-corrected chi connectivity index (χ0v) is 10.5. The van der Waals surface area contributed by atoms with Crippen LogP contribution in [-0.4, -0.2) is 5.78 Å². The van der Waals surface area contributed by atoms with Crippen LogP contribution in [0.5, 0.6) is 0 Å². The van der Waals surface area contributed by atoms with Crippen LogP contribution in [0.1, 0.15) is 16.8 Å². The molecule has 2 heteroatoms. The maximum Gasteiger partial charge on any atom is 0.189 e. The van der Waals surface area contributed by atoms with E-state index < -0.39 is 0 Å². The molecule has 19 heavy (non-hydrogen) atoms. The average Bonchev–Trinajstić information content (AvgIpc) is 2.69. The Hall–Kier alpha value is -2.35. The van der Waals surface area contributed by atoms with E-state index in [9.17, 15) is 4.79 Å². The summed E-state index contributed by atoms with van der Waals surface area (Å²) in [6, 6.07) is 9.25. The number of ether oxygens (including phenoxy) is 1. The summed E-state index contributed by atoms with van der Waals surface area (Å²) >= 11 is 0. The molecule has 1 atom stereocenters. The molecule has 1 fully saturated rings. The Kier molecular flexibility index (Phi) is 3.15. The van der Waals surface area contributed by atoms with Crippen LogP contribution in [0.3, 0.4) is 0 Å². The van der Waals surface area contributed by atoms with Crippen molar-refractivity contribution in [1.29, 1.82) is 0 Å². The van der Waals surface area contributed by atoms with Crippen molar-refractivity contribution >= 4 is 5.78 Å². The van der Waals surface area contributed by atoms with Gasteiger partial charge in [0.05, 0.1) is 0 Å². The quantitative estimate of drug-likeness (QED) is 0.589. The molecule has 1 unspecified atom stereocenters. The number of hydrogen-bond donors (Lipinski definition) is 0. The maximum absolute atomic E-state index is 12.1. The SMILES string of the molecule is O=C(/C=C1/CC2C=CC=CC=C2O1)c1ccccc1.